The summed E-state index contributed by atoms with van der Waals surface area (Å²) in [6, 6.07) is 7.68. The van der Waals surface area contributed by atoms with Gasteiger partial charge in [0.1, 0.15) is 0 Å². The molecule has 0 aliphatic rings. The van der Waals surface area contributed by atoms with Crippen LogP contribution in [0.2, 0.25) is 0 Å². The van der Waals surface area contributed by atoms with E-state index >= 15 is 0 Å². The smallest absolute Gasteiger partial charge is 0.225 e. The Kier molecular flexibility index (Phi) is 6.53. The van der Waals surface area contributed by atoms with Gasteiger partial charge in [-0.1, -0.05) is 39.0 Å². The molecule has 0 unspecified atom stereocenters. The number of amides is 1. The highest BCUT2D eigenvalue weighted by molar-refractivity contribution is 7.88. The topological polar surface area (TPSA) is 66.5 Å². The molecule has 1 rings (SSSR count). The lowest BCUT2D eigenvalue weighted by atomic mass is 9.87. The van der Waals surface area contributed by atoms with Gasteiger partial charge < -0.3 is 5.32 Å². The van der Waals surface area contributed by atoms with E-state index in [1.165, 1.54) is 15.9 Å². The van der Waals surface area contributed by atoms with E-state index in [9.17, 15) is 13.2 Å². The second kappa shape index (κ2) is 7.75. The molecule has 0 bridgehead atoms. The van der Waals surface area contributed by atoms with Crippen molar-refractivity contribution in [2.24, 2.45) is 0 Å². The summed E-state index contributed by atoms with van der Waals surface area (Å²) in [5.41, 5.74) is 1.95. The standard InChI is InChI=1S/C17H26N2O3S/c1-6-12-19(23(5,21)22)13-11-16(20)18-15-9-7-14(8-10-15)17(2,3)4/h6-10H,1,11-13H2,2-5H3,(H,18,20). The molecule has 1 N–H and O–H groups in total. The molecule has 128 valence electrons. The highest BCUT2D eigenvalue weighted by atomic mass is 32.2. The number of carbonyl (C=O) groups excluding carboxylic acids is 1. The van der Waals surface area contributed by atoms with Crippen molar-refractivity contribution in [1.82, 2.24) is 4.31 Å². The highest BCUT2D eigenvalue weighted by Gasteiger charge is 2.17. The number of benzene rings is 1. The largest absolute Gasteiger partial charge is 0.326 e. The number of rotatable bonds is 7. The Balaban J connectivity index is 2.61. The lowest BCUT2D eigenvalue weighted by molar-refractivity contribution is -0.116. The molecule has 0 aliphatic carbocycles. The van der Waals surface area contributed by atoms with Crippen LogP contribution in [0.4, 0.5) is 5.69 Å². The first-order valence-corrected chi connectivity index (χ1v) is 9.35. The summed E-state index contributed by atoms with van der Waals surface area (Å²) in [5, 5.41) is 2.78. The van der Waals surface area contributed by atoms with E-state index in [-0.39, 0.29) is 30.8 Å². The van der Waals surface area contributed by atoms with Crippen LogP contribution < -0.4 is 5.32 Å². The van der Waals surface area contributed by atoms with E-state index < -0.39 is 10.0 Å². The Hall–Kier alpha value is -1.66. The van der Waals surface area contributed by atoms with E-state index in [2.05, 4.69) is 32.7 Å². The molecule has 0 saturated carbocycles. The van der Waals surface area contributed by atoms with Crippen LogP contribution in [-0.4, -0.2) is 38.0 Å². The first-order chi connectivity index (χ1) is 10.5. The summed E-state index contributed by atoms with van der Waals surface area (Å²) in [5.74, 6) is -0.216. The average Bonchev–Trinajstić information content (AvgIpc) is 2.41. The zero-order chi connectivity index (χ0) is 17.7. The summed E-state index contributed by atoms with van der Waals surface area (Å²) in [6.07, 6.45) is 2.73. The van der Waals surface area contributed by atoms with Gasteiger partial charge in [-0.15, -0.1) is 6.58 Å². The molecule has 0 aliphatic heterocycles. The molecule has 0 fully saturated rings. The third-order valence-corrected chi connectivity index (χ3v) is 4.69. The molecule has 5 nitrogen and oxygen atoms in total. The van der Waals surface area contributed by atoms with E-state index in [1.54, 1.807) is 0 Å². The number of carbonyl (C=O) groups is 1. The molecule has 0 spiro atoms. The third kappa shape index (κ3) is 6.54. The van der Waals surface area contributed by atoms with E-state index in [0.717, 1.165) is 6.26 Å². The van der Waals surface area contributed by atoms with Gasteiger partial charge in [-0.3, -0.25) is 4.79 Å². The lowest BCUT2D eigenvalue weighted by Gasteiger charge is -2.19. The summed E-state index contributed by atoms with van der Waals surface area (Å²) in [7, 11) is -3.34. The number of hydrogen-bond donors (Lipinski definition) is 1. The van der Waals surface area contributed by atoms with Gasteiger partial charge >= 0.3 is 0 Å². The first kappa shape index (κ1) is 19.4. The van der Waals surface area contributed by atoms with Crippen molar-refractivity contribution < 1.29 is 13.2 Å². The van der Waals surface area contributed by atoms with Gasteiger partial charge in [0.15, 0.2) is 0 Å². The molecule has 1 aromatic carbocycles. The quantitative estimate of drug-likeness (QED) is 0.777. The van der Waals surface area contributed by atoms with E-state index in [4.69, 9.17) is 0 Å². The van der Waals surface area contributed by atoms with Gasteiger partial charge in [0.05, 0.1) is 6.26 Å². The van der Waals surface area contributed by atoms with Crippen LogP contribution in [0, 0.1) is 0 Å². The minimum Gasteiger partial charge on any atom is -0.326 e. The predicted molar refractivity (Wildman–Crippen MR) is 95.0 cm³/mol. The zero-order valence-corrected chi connectivity index (χ0v) is 15.1. The summed E-state index contributed by atoms with van der Waals surface area (Å²) < 4.78 is 24.4. The SMILES string of the molecule is C=CCN(CCC(=O)Nc1ccc(C(C)(C)C)cc1)S(C)(=O)=O. The Labute approximate surface area is 139 Å². The fraction of sp³-hybridized carbons (Fsp3) is 0.471. The number of nitrogens with one attached hydrogen (secondary N) is 1. The Bertz CT molecular complexity index is 643. The number of nitrogens with zero attached hydrogens (tertiary/aromatic N) is 1. The van der Waals surface area contributed by atoms with Gasteiger partial charge in [-0.25, -0.2) is 8.42 Å². The fourth-order valence-corrected chi connectivity index (χ4v) is 2.84. The summed E-state index contributed by atoms with van der Waals surface area (Å²) in [4.78, 5) is 12.0. The number of anilines is 1. The Morgan fingerprint density at radius 2 is 1.83 bits per heavy atom. The van der Waals surface area contributed by atoms with Crippen molar-refractivity contribution in [1.29, 1.82) is 0 Å². The van der Waals surface area contributed by atoms with Crippen molar-refractivity contribution in [2.75, 3.05) is 24.7 Å². The number of sulfonamides is 1. The monoisotopic (exact) mass is 338 g/mol. The second-order valence-corrected chi connectivity index (χ2v) is 8.52. The van der Waals surface area contributed by atoms with Crippen molar-refractivity contribution in [3.8, 4) is 0 Å². The molecule has 1 amide bonds. The predicted octanol–water partition coefficient (Wildman–Crippen LogP) is 2.76. The van der Waals surface area contributed by atoms with Crippen LogP contribution in [0.15, 0.2) is 36.9 Å². The van der Waals surface area contributed by atoms with Gasteiger partial charge in [-0.2, -0.15) is 4.31 Å². The van der Waals surface area contributed by atoms with Gasteiger partial charge in [-0.05, 0) is 23.1 Å². The maximum atomic E-state index is 12.0. The molecule has 23 heavy (non-hydrogen) atoms. The zero-order valence-electron chi connectivity index (χ0n) is 14.3. The Morgan fingerprint density at radius 1 is 1.26 bits per heavy atom. The molecule has 0 aromatic heterocycles. The maximum Gasteiger partial charge on any atom is 0.225 e. The van der Waals surface area contributed by atoms with Gasteiger partial charge in [0, 0.05) is 25.2 Å². The lowest BCUT2D eigenvalue weighted by Crippen LogP contribution is -2.33. The molecule has 1 aromatic rings. The fourth-order valence-electron chi connectivity index (χ4n) is 2.04. The highest BCUT2D eigenvalue weighted by Crippen LogP contribution is 2.23. The van der Waals surface area contributed by atoms with Crippen LogP contribution in [-0.2, 0) is 20.2 Å². The van der Waals surface area contributed by atoms with Crippen LogP contribution in [0.1, 0.15) is 32.8 Å². The van der Waals surface area contributed by atoms with Gasteiger partial charge in [0.2, 0.25) is 15.9 Å². The first-order valence-electron chi connectivity index (χ1n) is 7.50. The molecule has 0 radical (unpaired) electrons. The molecule has 0 saturated heterocycles. The van der Waals surface area contributed by atoms with Gasteiger partial charge in [0.25, 0.3) is 0 Å². The van der Waals surface area contributed by atoms with E-state index in [1.807, 2.05) is 24.3 Å². The van der Waals surface area contributed by atoms with Crippen molar-refractivity contribution in [3.05, 3.63) is 42.5 Å². The van der Waals surface area contributed by atoms with E-state index in [0.29, 0.717) is 5.69 Å². The normalized spacial score (nSPS) is 12.2. The van der Waals surface area contributed by atoms with Crippen molar-refractivity contribution >= 4 is 21.6 Å². The minimum absolute atomic E-state index is 0.0587. The molecule has 6 heteroatoms. The molecular weight excluding hydrogens is 312 g/mol. The van der Waals surface area contributed by atoms with Crippen LogP contribution in [0.3, 0.4) is 0 Å². The third-order valence-electron chi connectivity index (χ3n) is 3.42. The molecule has 0 atom stereocenters. The molecule has 0 heterocycles. The summed E-state index contributed by atoms with van der Waals surface area (Å²) in [6.45, 7) is 10.2. The number of hydrogen-bond acceptors (Lipinski definition) is 3. The van der Waals surface area contributed by atoms with Crippen LogP contribution in [0.5, 0.6) is 0 Å². The molecular formula is C17H26N2O3S. The Morgan fingerprint density at radius 3 is 2.26 bits per heavy atom. The van der Waals surface area contributed by atoms with Crippen LogP contribution >= 0.6 is 0 Å². The second-order valence-electron chi connectivity index (χ2n) is 6.54. The summed E-state index contributed by atoms with van der Waals surface area (Å²) >= 11 is 0. The minimum atomic E-state index is -3.34. The maximum absolute atomic E-state index is 12.0. The van der Waals surface area contributed by atoms with Crippen LogP contribution in [0.25, 0.3) is 0 Å². The van der Waals surface area contributed by atoms with Crippen molar-refractivity contribution in [3.63, 3.8) is 0 Å². The van der Waals surface area contributed by atoms with Crippen molar-refractivity contribution in [2.45, 2.75) is 32.6 Å². The average molecular weight is 338 g/mol.